The zero-order valence-corrected chi connectivity index (χ0v) is 9.81. The van der Waals surface area contributed by atoms with Crippen LogP contribution in [0.15, 0.2) is 0 Å². The summed E-state index contributed by atoms with van der Waals surface area (Å²) in [4.78, 5) is 0. The first-order valence-corrected chi connectivity index (χ1v) is 6.14. The number of unbranched alkanes of at least 4 members (excludes halogenated alkanes) is 5. The first-order valence-electron chi connectivity index (χ1n) is 6.14. The van der Waals surface area contributed by atoms with Crippen LogP contribution in [0.25, 0.3) is 0 Å². The SMILES string of the molecule is C[CH]C(CC)CCCCCCCC. The first-order chi connectivity index (χ1) is 6.35. The molecule has 13 heavy (non-hydrogen) atoms. The third-order valence-corrected chi connectivity index (χ3v) is 2.92. The fourth-order valence-corrected chi connectivity index (χ4v) is 1.79. The Morgan fingerprint density at radius 3 is 2.08 bits per heavy atom. The van der Waals surface area contributed by atoms with Crippen LogP contribution in [0.5, 0.6) is 0 Å². The highest BCUT2D eigenvalue weighted by molar-refractivity contribution is 4.69. The molecule has 0 aromatic rings. The summed E-state index contributed by atoms with van der Waals surface area (Å²) >= 11 is 0. The standard InChI is InChI=1S/C13H27/c1-4-7-8-9-10-11-12-13(5-2)6-3/h5,13H,4,6-12H2,1-3H3. The molecule has 0 aliphatic carbocycles. The Kier molecular flexibility index (Phi) is 10.1. The molecule has 0 aliphatic heterocycles. The molecule has 0 aromatic heterocycles. The molecule has 1 unspecified atom stereocenters. The minimum Gasteiger partial charge on any atom is -0.0654 e. The molecule has 0 aromatic carbocycles. The van der Waals surface area contributed by atoms with E-state index < -0.39 is 0 Å². The highest BCUT2D eigenvalue weighted by atomic mass is 14.1. The number of hydrogen-bond acceptors (Lipinski definition) is 0. The first kappa shape index (κ1) is 13.0. The van der Waals surface area contributed by atoms with Crippen molar-refractivity contribution in [2.75, 3.05) is 0 Å². The molecule has 0 saturated carbocycles. The van der Waals surface area contributed by atoms with Gasteiger partial charge in [-0.05, 0) is 12.3 Å². The minimum absolute atomic E-state index is 0.881. The molecular formula is C13H27. The van der Waals surface area contributed by atoms with Crippen molar-refractivity contribution in [3.05, 3.63) is 6.42 Å². The lowest BCUT2D eigenvalue weighted by atomic mass is 9.96. The van der Waals surface area contributed by atoms with Crippen molar-refractivity contribution in [1.82, 2.24) is 0 Å². The second-order valence-corrected chi connectivity index (χ2v) is 4.06. The van der Waals surface area contributed by atoms with Crippen LogP contribution in [0.2, 0.25) is 0 Å². The summed E-state index contributed by atoms with van der Waals surface area (Å²) in [6, 6.07) is 0. The summed E-state index contributed by atoms with van der Waals surface area (Å²) in [5, 5.41) is 0. The van der Waals surface area contributed by atoms with Gasteiger partial charge in [0.05, 0.1) is 0 Å². The number of rotatable bonds is 9. The molecule has 0 spiro atoms. The maximum absolute atomic E-state index is 2.37. The Balaban J connectivity index is 3.05. The summed E-state index contributed by atoms with van der Waals surface area (Å²) in [7, 11) is 0. The molecule has 0 heteroatoms. The van der Waals surface area contributed by atoms with E-state index in [1.165, 1.54) is 51.4 Å². The van der Waals surface area contributed by atoms with E-state index in [-0.39, 0.29) is 0 Å². The van der Waals surface area contributed by atoms with E-state index in [0.29, 0.717) is 0 Å². The third kappa shape index (κ3) is 8.33. The van der Waals surface area contributed by atoms with E-state index in [0.717, 1.165) is 5.92 Å². The lowest BCUT2D eigenvalue weighted by Crippen LogP contribution is -1.96. The van der Waals surface area contributed by atoms with E-state index in [2.05, 4.69) is 27.2 Å². The Bertz CT molecular complexity index is 82.0. The maximum Gasteiger partial charge on any atom is -0.0386 e. The van der Waals surface area contributed by atoms with E-state index in [4.69, 9.17) is 0 Å². The second-order valence-electron chi connectivity index (χ2n) is 4.06. The van der Waals surface area contributed by atoms with Crippen molar-refractivity contribution >= 4 is 0 Å². The van der Waals surface area contributed by atoms with E-state index in [1.54, 1.807) is 0 Å². The van der Waals surface area contributed by atoms with Gasteiger partial charge in [0, 0.05) is 0 Å². The molecule has 79 valence electrons. The lowest BCUT2D eigenvalue weighted by molar-refractivity contribution is 0.486. The van der Waals surface area contributed by atoms with Gasteiger partial charge in [0.25, 0.3) is 0 Å². The van der Waals surface area contributed by atoms with Crippen molar-refractivity contribution in [1.29, 1.82) is 0 Å². The second kappa shape index (κ2) is 10.1. The molecule has 1 radical (unpaired) electrons. The van der Waals surface area contributed by atoms with Gasteiger partial charge in [-0.15, -0.1) is 0 Å². The predicted molar refractivity (Wildman–Crippen MR) is 61.7 cm³/mol. The molecule has 0 aliphatic rings. The molecule has 0 nitrogen and oxygen atoms in total. The van der Waals surface area contributed by atoms with E-state index in [1.807, 2.05) is 0 Å². The lowest BCUT2D eigenvalue weighted by Gasteiger charge is -2.10. The van der Waals surface area contributed by atoms with Gasteiger partial charge in [0.15, 0.2) is 0 Å². The van der Waals surface area contributed by atoms with Gasteiger partial charge in [0.2, 0.25) is 0 Å². The van der Waals surface area contributed by atoms with Gasteiger partial charge in [-0.25, -0.2) is 0 Å². The van der Waals surface area contributed by atoms with Crippen LogP contribution in [-0.4, -0.2) is 0 Å². The van der Waals surface area contributed by atoms with E-state index >= 15 is 0 Å². The van der Waals surface area contributed by atoms with Crippen LogP contribution in [-0.2, 0) is 0 Å². The predicted octanol–water partition coefficient (Wildman–Crippen LogP) is 4.99. The summed E-state index contributed by atoms with van der Waals surface area (Å²) < 4.78 is 0. The van der Waals surface area contributed by atoms with Crippen LogP contribution >= 0.6 is 0 Å². The average Bonchev–Trinajstić information content (AvgIpc) is 2.17. The molecular weight excluding hydrogens is 156 g/mol. The highest BCUT2D eigenvalue weighted by Crippen LogP contribution is 2.16. The van der Waals surface area contributed by atoms with Gasteiger partial charge in [-0.3, -0.25) is 0 Å². The maximum atomic E-state index is 2.37. The van der Waals surface area contributed by atoms with Gasteiger partial charge < -0.3 is 0 Å². The van der Waals surface area contributed by atoms with Crippen LogP contribution in [0.1, 0.15) is 72.1 Å². The van der Waals surface area contributed by atoms with Crippen LogP contribution in [0.3, 0.4) is 0 Å². The molecule has 1 atom stereocenters. The van der Waals surface area contributed by atoms with Crippen LogP contribution in [0.4, 0.5) is 0 Å². The fraction of sp³-hybridized carbons (Fsp3) is 0.923. The van der Waals surface area contributed by atoms with Gasteiger partial charge in [-0.1, -0.05) is 72.1 Å². The molecule has 0 heterocycles. The summed E-state index contributed by atoms with van der Waals surface area (Å²) in [5.41, 5.74) is 0. The van der Waals surface area contributed by atoms with Gasteiger partial charge in [0.1, 0.15) is 0 Å². The van der Waals surface area contributed by atoms with Gasteiger partial charge in [-0.2, -0.15) is 0 Å². The fourth-order valence-electron chi connectivity index (χ4n) is 1.79. The largest absolute Gasteiger partial charge is 0.0654 e. The Morgan fingerprint density at radius 1 is 0.923 bits per heavy atom. The van der Waals surface area contributed by atoms with E-state index in [9.17, 15) is 0 Å². The Morgan fingerprint density at radius 2 is 1.54 bits per heavy atom. The molecule has 0 rings (SSSR count). The minimum atomic E-state index is 0.881. The zero-order valence-electron chi connectivity index (χ0n) is 9.81. The zero-order chi connectivity index (χ0) is 9.94. The molecule has 0 amide bonds. The normalized spacial score (nSPS) is 11.1. The Hall–Kier alpha value is 0. The van der Waals surface area contributed by atoms with Crippen molar-refractivity contribution in [2.24, 2.45) is 5.92 Å². The molecule has 0 bridgehead atoms. The average molecular weight is 183 g/mol. The van der Waals surface area contributed by atoms with Crippen molar-refractivity contribution in [3.63, 3.8) is 0 Å². The molecule has 0 N–H and O–H groups in total. The monoisotopic (exact) mass is 183 g/mol. The smallest absolute Gasteiger partial charge is 0.0386 e. The quantitative estimate of drug-likeness (QED) is 0.442. The topological polar surface area (TPSA) is 0 Å². The molecule has 0 saturated heterocycles. The van der Waals surface area contributed by atoms with Crippen LogP contribution in [0, 0.1) is 12.3 Å². The van der Waals surface area contributed by atoms with Crippen molar-refractivity contribution in [3.8, 4) is 0 Å². The third-order valence-electron chi connectivity index (χ3n) is 2.92. The highest BCUT2D eigenvalue weighted by Gasteiger charge is 2.02. The van der Waals surface area contributed by atoms with Crippen LogP contribution < -0.4 is 0 Å². The summed E-state index contributed by atoms with van der Waals surface area (Å²) in [5.74, 6) is 0.881. The van der Waals surface area contributed by atoms with Gasteiger partial charge >= 0.3 is 0 Å². The Labute approximate surface area is 85.1 Å². The summed E-state index contributed by atoms with van der Waals surface area (Å²) in [6.07, 6.45) is 13.7. The van der Waals surface area contributed by atoms with Crippen molar-refractivity contribution < 1.29 is 0 Å². The number of hydrogen-bond donors (Lipinski definition) is 0. The molecule has 0 fully saturated rings. The summed E-state index contributed by atoms with van der Waals surface area (Å²) in [6.45, 7) is 6.77. The van der Waals surface area contributed by atoms with Crippen molar-refractivity contribution in [2.45, 2.75) is 72.1 Å².